The van der Waals surface area contributed by atoms with Crippen molar-refractivity contribution in [1.82, 2.24) is 4.98 Å². The first-order chi connectivity index (χ1) is 9.67. The van der Waals surface area contributed by atoms with Gasteiger partial charge in [0.1, 0.15) is 0 Å². The van der Waals surface area contributed by atoms with Crippen molar-refractivity contribution in [2.75, 3.05) is 18.1 Å². The van der Waals surface area contributed by atoms with Gasteiger partial charge in [0.25, 0.3) is 0 Å². The second kappa shape index (κ2) is 5.34. The molecule has 104 valence electrons. The first-order valence-electron chi connectivity index (χ1n) is 6.61. The van der Waals surface area contributed by atoms with Gasteiger partial charge in [-0.25, -0.2) is 4.98 Å². The van der Waals surface area contributed by atoms with Crippen LogP contribution in [-0.2, 0) is 4.79 Å². The highest BCUT2D eigenvalue weighted by Crippen LogP contribution is 2.31. The van der Waals surface area contributed by atoms with Gasteiger partial charge in [-0.2, -0.15) is 0 Å². The number of nitrogens with zero attached hydrogens (tertiary/aromatic N) is 2. The average Bonchev–Trinajstić information content (AvgIpc) is 3.06. The SMILES string of the molecule is Cc1ccc(-c2csc(N3CC(CO)CC3=O)n2)cc1. The Labute approximate surface area is 121 Å². The molecule has 1 N–H and O–H groups in total. The largest absolute Gasteiger partial charge is 0.396 e. The molecule has 2 aromatic rings. The van der Waals surface area contributed by atoms with E-state index >= 15 is 0 Å². The smallest absolute Gasteiger partial charge is 0.229 e. The number of hydrogen-bond donors (Lipinski definition) is 1. The molecule has 0 aliphatic carbocycles. The van der Waals surface area contributed by atoms with E-state index in [0.717, 1.165) is 16.4 Å². The van der Waals surface area contributed by atoms with E-state index in [2.05, 4.69) is 17.1 Å². The molecule has 1 amide bonds. The van der Waals surface area contributed by atoms with Crippen molar-refractivity contribution in [3.63, 3.8) is 0 Å². The average molecular weight is 288 g/mol. The van der Waals surface area contributed by atoms with E-state index in [0.29, 0.717) is 13.0 Å². The lowest BCUT2D eigenvalue weighted by Crippen LogP contribution is -2.24. The molecule has 20 heavy (non-hydrogen) atoms. The molecular weight excluding hydrogens is 272 g/mol. The van der Waals surface area contributed by atoms with Crippen LogP contribution in [0.15, 0.2) is 29.6 Å². The third-order valence-electron chi connectivity index (χ3n) is 3.53. The Balaban J connectivity index is 1.83. The standard InChI is InChI=1S/C15H16N2O2S/c1-10-2-4-12(5-3-10)13-9-20-15(16-13)17-7-11(8-18)6-14(17)19/h2-5,9,11,18H,6-8H2,1H3. The number of rotatable bonds is 3. The Hall–Kier alpha value is -1.72. The molecule has 1 aliphatic rings. The molecule has 0 bridgehead atoms. The summed E-state index contributed by atoms with van der Waals surface area (Å²) in [5.41, 5.74) is 3.17. The van der Waals surface area contributed by atoms with Gasteiger partial charge in [-0.05, 0) is 6.92 Å². The normalized spacial score (nSPS) is 18.8. The number of hydrogen-bond acceptors (Lipinski definition) is 4. The Morgan fingerprint density at radius 3 is 2.80 bits per heavy atom. The van der Waals surface area contributed by atoms with Gasteiger partial charge in [0, 0.05) is 36.4 Å². The van der Waals surface area contributed by atoms with Crippen molar-refractivity contribution in [3.05, 3.63) is 35.2 Å². The summed E-state index contributed by atoms with van der Waals surface area (Å²) >= 11 is 1.47. The zero-order valence-corrected chi connectivity index (χ0v) is 12.1. The van der Waals surface area contributed by atoms with Crippen LogP contribution in [0.4, 0.5) is 5.13 Å². The fourth-order valence-corrected chi connectivity index (χ4v) is 3.19. The Kier molecular flexibility index (Phi) is 3.54. The number of amides is 1. The van der Waals surface area contributed by atoms with Gasteiger partial charge >= 0.3 is 0 Å². The number of anilines is 1. The van der Waals surface area contributed by atoms with Crippen molar-refractivity contribution in [3.8, 4) is 11.3 Å². The molecule has 1 aromatic carbocycles. The number of aliphatic hydroxyl groups is 1. The molecule has 0 saturated carbocycles. The lowest BCUT2D eigenvalue weighted by molar-refractivity contribution is -0.117. The first kappa shape index (κ1) is 13.3. The summed E-state index contributed by atoms with van der Waals surface area (Å²) in [6.45, 7) is 2.67. The van der Waals surface area contributed by atoms with Gasteiger partial charge in [-0.15, -0.1) is 11.3 Å². The van der Waals surface area contributed by atoms with E-state index in [4.69, 9.17) is 5.11 Å². The summed E-state index contributed by atoms with van der Waals surface area (Å²) in [5.74, 6) is 0.0862. The maximum absolute atomic E-state index is 11.9. The quantitative estimate of drug-likeness (QED) is 0.944. The molecule has 4 nitrogen and oxygen atoms in total. The van der Waals surface area contributed by atoms with E-state index in [9.17, 15) is 4.79 Å². The Bertz CT molecular complexity index is 621. The van der Waals surface area contributed by atoms with Gasteiger partial charge < -0.3 is 5.11 Å². The molecule has 0 radical (unpaired) electrons. The van der Waals surface area contributed by atoms with Gasteiger partial charge in [0.05, 0.1) is 5.69 Å². The second-order valence-corrected chi connectivity index (χ2v) is 5.97. The number of thiazole rings is 1. The van der Waals surface area contributed by atoms with E-state index in [-0.39, 0.29) is 18.4 Å². The van der Waals surface area contributed by atoms with Crippen molar-refractivity contribution < 1.29 is 9.90 Å². The lowest BCUT2D eigenvalue weighted by Gasteiger charge is -2.11. The lowest BCUT2D eigenvalue weighted by atomic mass is 10.1. The predicted octanol–water partition coefficient (Wildman–Crippen LogP) is 2.46. The van der Waals surface area contributed by atoms with Gasteiger partial charge in [-0.1, -0.05) is 29.8 Å². The van der Waals surface area contributed by atoms with Crippen LogP contribution in [0.5, 0.6) is 0 Å². The zero-order chi connectivity index (χ0) is 14.1. The number of carbonyl (C=O) groups is 1. The molecule has 1 saturated heterocycles. The molecule has 1 atom stereocenters. The molecule has 1 aromatic heterocycles. The number of aryl methyl sites for hydroxylation is 1. The monoisotopic (exact) mass is 288 g/mol. The minimum absolute atomic E-state index is 0.0363. The fourth-order valence-electron chi connectivity index (χ4n) is 2.33. The topological polar surface area (TPSA) is 53.4 Å². The minimum atomic E-state index is 0.0363. The highest BCUT2D eigenvalue weighted by atomic mass is 32.1. The van der Waals surface area contributed by atoms with Crippen molar-refractivity contribution in [1.29, 1.82) is 0 Å². The number of benzene rings is 1. The number of aliphatic hydroxyl groups excluding tert-OH is 1. The molecule has 3 rings (SSSR count). The fraction of sp³-hybridized carbons (Fsp3) is 0.333. The summed E-state index contributed by atoms with van der Waals surface area (Å²) < 4.78 is 0. The molecule has 1 aliphatic heterocycles. The zero-order valence-electron chi connectivity index (χ0n) is 11.2. The van der Waals surface area contributed by atoms with E-state index in [1.54, 1.807) is 4.90 Å². The predicted molar refractivity (Wildman–Crippen MR) is 79.8 cm³/mol. The molecule has 2 heterocycles. The third kappa shape index (κ3) is 2.46. The van der Waals surface area contributed by atoms with Crippen LogP contribution in [0.2, 0.25) is 0 Å². The summed E-state index contributed by atoms with van der Waals surface area (Å²) in [6.07, 6.45) is 0.413. The maximum atomic E-state index is 11.9. The van der Waals surface area contributed by atoms with Crippen molar-refractivity contribution in [2.24, 2.45) is 5.92 Å². The molecule has 1 unspecified atom stereocenters. The maximum Gasteiger partial charge on any atom is 0.229 e. The molecule has 5 heteroatoms. The first-order valence-corrected chi connectivity index (χ1v) is 7.49. The van der Waals surface area contributed by atoms with Crippen LogP contribution in [-0.4, -0.2) is 29.1 Å². The van der Waals surface area contributed by atoms with E-state index in [1.807, 2.05) is 24.4 Å². The Morgan fingerprint density at radius 1 is 1.40 bits per heavy atom. The van der Waals surface area contributed by atoms with Gasteiger partial charge in [-0.3, -0.25) is 9.69 Å². The molecule has 0 spiro atoms. The Morgan fingerprint density at radius 2 is 2.15 bits per heavy atom. The van der Waals surface area contributed by atoms with Crippen LogP contribution in [0.1, 0.15) is 12.0 Å². The van der Waals surface area contributed by atoms with E-state index < -0.39 is 0 Å². The van der Waals surface area contributed by atoms with Gasteiger partial charge in [0.2, 0.25) is 5.91 Å². The van der Waals surface area contributed by atoms with Crippen molar-refractivity contribution >= 4 is 22.4 Å². The van der Waals surface area contributed by atoms with Crippen LogP contribution in [0.3, 0.4) is 0 Å². The minimum Gasteiger partial charge on any atom is -0.396 e. The summed E-state index contributed by atoms with van der Waals surface area (Å²) in [6, 6.07) is 8.18. The highest BCUT2D eigenvalue weighted by molar-refractivity contribution is 7.14. The summed E-state index contributed by atoms with van der Waals surface area (Å²) in [4.78, 5) is 18.2. The van der Waals surface area contributed by atoms with Gasteiger partial charge in [0.15, 0.2) is 5.13 Å². The van der Waals surface area contributed by atoms with Crippen LogP contribution in [0, 0.1) is 12.8 Å². The van der Waals surface area contributed by atoms with Crippen molar-refractivity contribution in [2.45, 2.75) is 13.3 Å². The van der Waals surface area contributed by atoms with Crippen LogP contribution in [0.25, 0.3) is 11.3 Å². The molecular formula is C15H16N2O2S. The number of carbonyl (C=O) groups excluding carboxylic acids is 1. The van der Waals surface area contributed by atoms with Crippen LogP contribution < -0.4 is 4.90 Å². The third-order valence-corrected chi connectivity index (χ3v) is 4.40. The molecule has 1 fully saturated rings. The number of aromatic nitrogens is 1. The second-order valence-electron chi connectivity index (χ2n) is 5.14. The summed E-state index contributed by atoms with van der Waals surface area (Å²) in [5, 5.41) is 11.9. The summed E-state index contributed by atoms with van der Waals surface area (Å²) in [7, 11) is 0. The highest BCUT2D eigenvalue weighted by Gasteiger charge is 2.31. The van der Waals surface area contributed by atoms with E-state index in [1.165, 1.54) is 16.9 Å². The van der Waals surface area contributed by atoms with Crippen LogP contribution >= 0.6 is 11.3 Å².